The summed E-state index contributed by atoms with van der Waals surface area (Å²) in [6, 6.07) is 11.5. The third kappa shape index (κ3) is 3.99. The van der Waals surface area contributed by atoms with Crippen LogP contribution in [0.3, 0.4) is 0 Å². The van der Waals surface area contributed by atoms with Crippen LogP contribution >= 0.6 is 0 Å². The zero-order chi connectivity index (χ0) is 18.8. The Balaban J connectivity index is 2.28. The Bertz CT molecular complexity index is 870. The molecule has 2 aromatic carbocycles. The van der Waals surface area contributed by atoms with Gasteiger partial charge in [-0.1, -0.05) is 31.2 Å². The van der Waals surface area contributed by atoms with Crippen LogP contribution in [0.2, 0.25) is 0 Å². The number of benzene rings is 2. The third-order valence-electron chi connectivity index (χ3n) is 4.72. The van der Waals surface area contributed by atoms with Gasteiger partial charge in [0.05, 0.1) is 10.9 Å². The van der Waals surface area contributed by atoms with Crippen LogP contribution in [0.25, 0.3) is 0 Å². The lowest BCUT2D eigenvalue weighted by Crippen LogP contribution is -2.40. The van der Waals surface area contributed by atoms with E-state index in [9.17, 15) is 13.2 Å². The van der Waals surface area contributed by atoms with Crippen LogP contribution in [-0.2, 0) is 16.4 Å². The van der Waals surface area contributed by atoms with Gasteiger partial charge in [-0.2, -0.15) is 4.31 Å². The molecule has 0 fully saturated rings. The van der Waals surface area contributed by atoms with E-state index in [1.807, 2.05) is 32.9 Å². The number of sulfonamides is 1. The Morgan fingerprint density at radius 2 is 1.64 bits per heavy atom. The third-order valence-corrected chi connectivity index (χ3v) is 6.67. The lowest BCUT2D eigenvalue weighted by Gasteiger charge is -2.23. The van der Waals surface area contributed by atoms with Gasteiger partial charge in [0.15, 0.2) is 5.78 Å². The smallest absolute Gasteiger partial charge is 0.243 e. The van der Waals surface area contributed by atoms with Gasteiger partial charge in [0.25, 0.3) is 0 Å². The molecule has 4 nitrogen and oxygen atoms in total. The van der Waals surface area contributed by atoms with Crippen molar-refractivity contribution in [1.29, 1.82) is 0 Å². The summed E-state index contributed by atoms with van der Waals surface area (Å²) < 4.78 is 26.8. The van der Waals surface area contributed by atoms with E-state index in [2.05, 4.69) is 0 Å². The molecule has 0 heterocycles. The number of nitrogens with zero attached hydrogens (tertiary/aromatic N) is 1. The molecule has 0 N–H and O–H groups in total. The van der Waals surface area contributed by atoms with Crippen molar-refractivity contribution in [3.05, 3.63) is 64.7 Å². The van der Waals surface area contributed by atoms with Crippen LogP contribution < -0.4 is 0 Å². The van der Waals surface area contributed by atoms with Crippen molar-refractivity contribution in [2.75, 3.05) is 7.05 Å². The normalized spacial score (nSPS) is 13.0. The van der Waals surface area contributed by atoms with Gasteiger partial charge < -0.3 is 0 Å². The molecule has 0 aliphatic carbocycles. The molecule has 0 amide bonds. The molecule has 1 atom stereocenters. The number of aryl methyl sites for hydroxylation is 3. The van der Waals surface area contributed by atoms with Crippen LogP contribution in [0.15, 0.2) is 47.4 Å². The first-order valence-corrected chi connectivity index (χ1v) is 9.81. The van der Waals surface area contributed by atoms with Crippen molar-refractivity contribution < 1.29 is 13.2 Å². The van der Waals surface area contributed by atoms with Crippen molar-refractivity contribution >= 4 is 15.8 Å². The first-order valence-electron chi connectivity index (χ1n) is 8.37. The Morgan fingerprint density at radius 1 is 1.04 bits per heavy atom. The lowest BCUT2D eigenvalue weighted by atomic mass is 10.0. The summed E-state index contributed by atoms with van der Waals surface area (Å²) >= 11 is 0. The van der Waals surface area contributed by atoms with Crippen LogP contribution in [0.5, 0.6) is 0 Å². The van der Waals surface area contributed by atoms with Gasteiger partial charge in [0.1, 0.15) is 0 Å². The molecule has 2 aromatic rings. The zero-order valence-electron chi connectivity index (χ0n) is 15.4. The van der Waals surface area contributed by atoms with Gasteiger partial charge >= 0.3 is 0 Å². The predicted molar refractivity (Wildman–Crippen MR) is 100 cm³/mol. The molecular formula is C20H25NO3S. The summed E-state index contributed by atoms with van der Waals surface area (Å²) in [5.74, 6) is -0.209. The molecule has 1 unspecified atom stereocenters. The largest absolute Gasteiger partial charge is 0.292 e. The van der Waals surface area contributed by atoms with Crippen molar-refractivity contribution in [3.63, 3.8) is 0 Å². The monoisotopic (exact) mass is 359 g/mol. The standard InChI is InChI=1S/C20H25NO3S/c1-6-17-8-11-19(12-9-17)25(23,24)21(5)16(4)20(22)18-10-7-14(2)15(3)13-18/h7-13,16H,6H2,1-5H3. The van der Waals surface area contributed by atoms with Crippen molar-refractivity contribution in [2.45, 2.75) is 45.1 Å². The molecule has 0 bridgehead atoms. The number of ketones is 1. The molecule has 0 spiro atoms. The minimum Gasteiger partial charge on any atom is -0.292 e. The molecule has 134 valence electrons. The summed E-state index contributed by atoms with van der Waals surface area (Å²) in [7, 11) is -2.27. The topological polar surface area (TPSA) is 54.5 Å². The Labute approximate surface area is 150 Å². The van der Waals surface area contributed by atoms with Crippen molar-refractivity contribution in [2.24, 2.45) is 0 Å². The average Bonchev–Trinajstić information content (AvgIpc) is 2.62. The van der Waals surface area contributed by atoms with Gasteiger partial charge in [-0.25, -0.2) is 8.42 Å². The fourth-order valence-electron chi connectivity index (χ4n) is 2.57. The van der Waals surface area contributed by atoms with E-state index in [1.165, 1.54) is 7.05 Å². The molecule has 0 aliphatic heterocycles. The highest BCUT2D eigenvalue weighted by Gasteiger charge is 2.30. The minimum absolute atomic E-state index is 0.201. The number of carbonyl (C=O) groups excluding carboxylic acids is 1. The number of likely N-dealkylation sites (N-methyl/N-ethyl adjacent to an activating group) is 1. The summed E-state index contributed by atoms with van der Waals surface area (Å²) in [6.45, 7) is 7.55. The molecule has 0 aliphatic rings. The van der Waals surface area contributed by atoms with Crippen LogP contribution in [0, 0.1) is 13.8 Å². The second kappa shape index (κ2) is 7.50. The maximum atomic E-state index is 12.8. The van der Waals surface area contributed by atoms with Gasteiger partial charge in [-0.05, 0) is 62.1 Å². The molecule has 25 heavy (non-hydrogen) atoms. The molecule has 0 aromatic heterocycles. The summed E-state index contributed by atoms with van der Waals surface area (Å²) in [6.07, 6.45) is 0.845. The van der Waals surface area contributed by atoms with E-state index in [0.29, 0.717) is 5.56 Å². The number of Topliss-reactive ketones (excluding diaryl/α,β-unsaturated/α-hetero) is 1. The maximum Gasteiger partial charge on any atom is 0.243 e. The molecule has 5 heteroatoms. The minimum atomic E-state index is -3.72. The van der Waals surface area contributed by atoms with Gasteiger partial charge in [0.2, 0.25) is 10.0 Å². The predicted octanol–water partition coefficient (Wildman–Crippen LogP) is 3.76. The highest BCUT2D eigenvalue weighted by Crippen LogP contribution is 2.20. The fourth-order valence-corrected chi connectivity index (χ4v) is 3.90. The molecule has 0 radical (unpaired) electrons. The van der Waals surface area contributed by atoms with Crippen molar-refractivity contribution in [3.8, 4) is 0 Å². The summed E-state index contributed by atoms with van der Waals surface area (Å²) in [4.78, 5) is 12.9. The highest BCUT2D eigenvalue weighted by atomic mass is 32.2. The van der Waals surface area contributed by atoms with E-state index in [0.717, 1.165) is 27.4 Å². The number of rotatable bonds is 6. The Morgan fingerprint density at radius 3 is 2.16 bits per heavy atom. The SMILES string of the molecule is CCc1ccc(S(=O)(=O)N(C)C(C)C(=O)c2ccc(C)c(C)c2)cc1. The second-order valence-corrected chi connectivity index (χ2v) is 8.36. The van der Waals surface area contributed by atoms with Gasteiger partial charge in [0, 0.05) is 12.6 Å². The van der Waals surface area contributed by atoms with E-state index in [4.69, 9.17) is 0 Å². The Hall–Kier alpha value is -1.98. The van der Waals surface area contributed by atoms with E-state index < -0.39 is 16.1 Å². The Kier molecular flexibility index (Phi) is 5.80. The van der Waals surface area contributed by atoms with Crippen LogP contribution in [0.1, 0.15) is 40.9 Å². The average molecular weight is 359 g/mol. The van der Waals surface area contributed by atoms with E-state index in [1.54, 1.807) is 37.3 Å². The highest BCUT2D eigenvalue weighted by molar-refractivity contribution is 7.89. The zero-order valence-corrected chi connectivity index (χ0v) is 16.2. The van der Waals surface area contributed by atoms with Crippen molar-refractivity contribution in [1.82, 2.24) is 4.31 Å². The fraction of sp³-hybridized carbons (Fsp3) is 0.350. The van der Waals surface area contributed by atoms with Crippen LogP contribution in [0.4, 0.5) is 0 Å². The van der Waals surface area contributed by atoms with Crippen LogP contribution in [-0.4, -0.2) is 31.6 Å². The number of carbonyl (C=O) groups is 1. The first kappa shape index (κ1) is 19.3. The first-order chi connectivity index (χ1) is 11.7. The van der Waals surface area contributed by atoms with Gasteiger partial charge in [-0.15, -0.1) is 0 Å². The summed E-state index contributed by atoms with van der Waals surface area (Å²) in [5.41, 5.74) is 3.71. The molecular weight excluding hydrogens is 334 g/mol. The maximum absolute atomic E-state index is 12.8. The molecule has 0 saturated heterocycles. The molecule has 2 rings (SSSR count). The lowest BCUT2D eigenvalue weighted by molar-refractivity contribution is 0.0919. The molecule has 0 saturated carbocycles. The van der Waals surface area contributed by atoms with E-state index >= 15 is 0 Å². The summed E-state index contributed by atoms with van der Waals surface area (Å²) in [5, 5.41) is 0. The number of hydrogen-bond acceptors (Lipinski definition) is 3. The van der Waals surface area contributed by atoms with Gasteiger partial charge in [-0.3, -0.25) is 4.79 Å². The number of hydrogen-bond donors (Lipinski definition) is 0. The second-order valence-electron chi connectivity index (χ2n) is 6.36. The van der Waals surface area contributed by atoms with E-state index in [-0.39, 0.29) is 10.7 Å². The quantitative estimate of drug-likeness (QED) is 0.738.